The Morgan fingerprint density at radius 1 is 1.56 bits per heavy atom. The van der Waals surface area contributed by atoms with Crippen LogP contribution in [0.5, 0.6) is 0 Å². The largest absolute Gasteiger partial charge is 0.392 e. The molecule has 0 spiro atoms. The van der Waals surface area contributed by atoms with Crippen molar-refractivity contribution in [2.24, 2.45) is 11.1 Å². The average molecular weight is 271 g/mol. The molecule has 1 aliphatic heterocycles. The third-order valence-electron chi connectivity index (χ3n) is 4.16. The number of rotatable bonds is 6. The number of thiocarbonyl (C=S) groups is 1. The van der Waals surface area contributed by atoms with Crippen LogP contribution in [0.15, 0.2) is 0 Å². The van der Waals surface area contributed by atoms with Crippen LogP contribution in [0.4, 0.5) is 0 Å². The van der Waals surface area contributed by atoms with E-state index in [9.17, 15) is 4.79 Å². The van der Waals surface area contributed by atoms with E-state index in [0.717, 1.165) is 19.5 Å². The van der Waals surface area contributed by atoms with Crippen LogP contribution in [0.25, 0.3) is 0 Å². The molecule has 1 aliphatic rings. The lowest BCUT2D eigenvalue weighted by atomic mass is 9.86. The van der Waals surface area contributed by atoms with Crippen LogP contribution in [-0.2, 0) is 4.79 Å². The summed E-state index contributed by atoms with van der Waals surface area (Å²) in [5.41, 5.74) is 4.96. The summed E-state index contributed by atoms with van der Waals surface area (Å²) >= 11 is 5.01. The van der Waals surface area contributed by atoms with E-state index in [2.05, 4.69) is 17.1 Å². The molecular formula is C13H25N3OS. The fraction of sp³-hybridized carbons (Fsp3) is 0.846. The first-order valence-corrected chi connectivity index (χ1v) is 7.18. The first-order chi connectivity index (χ1) is 8.45. The van der Waals surface area contributed by atoms with Crippen LogP contribution < -0.4 is 11.1 Å². The Bertz CT molecular complexity index is 321. The number of nitrogens with two attached hydrogens (primary N) is 1. The molecule has 0 aromatic carbocycles. The second-order valence-electron chi connectivity index (χ2n) is 5.18. The second-order valence-corrected chi connectivity index (χ2v) is 5.62. The summed E-state index contributed by atoms with van der Waals surface area (Å²) < 4.78 is 0. The lowest BCUT2D eigenvalue weighted by Gasteiger charge is -2.28. The summed E-state index contributed by atoms with van der Waals surface area (Å²) in [6.45, 7) is 8.79. The van der Waals surface area contributed by atoms with Crippen molar-refractivity contribution in [2.45, 2.75) is 46.1 Å². The number of amides is 1. The average Bonchev–Trinajstić information content (AvgIpc) is 2.81. The summed E-state index contributed by atoms with van der Waals surface area (Å²) in [5.74, 6) is -0.0412. The third kappa shape index (κ3) is 3.20. The Kier molecular flexibility index (Phi) is 5.53. The summed E-state index contributed by atoms with van der Waals surface area (Å²) in [7, 11) is 0. The van der Waals surface area contributed by atoms with Gasteiger partial charge in [0.15, 0.2) is 0 Å². The highest BCUT2D eigenvalue weighted by atomic mass is 32.1. The van der Waals surface area contributed by atoms with Gasteiger partial charge in [-0.2, -0.15) is 0 Å². The van der Waals surface area contributed by atoms with Crippen LogP contribution in [-0.4, -0.2) is 41.5 Å². The van der Waals surface area contributed by atoms with Gasteiger partial charge in [0.1, 0.15) is 0 Å². The molecule has 0 aliphatic carbocycles. The zero-order chi connectivity index (χ0) is 13.8. The summed E-state index contributed by atoms with van der Waals surface area (Å²) in [6, 6.07) is 0.464. The van der Waals surface area contributed by atoms with Gasteiger partial charge in [-0.05, 0) is 39.3 Å². The van der Waals surface area contributed by atoms with E-state index in [1.165, 1.54) is 6.42 Å². The molecule has 0 radical (unpaired) electrons. The quantitative estimate of drug-likeness (QED) is 0.715. The van der Waals surface area contributed by atoms with Crippen LogP contribution in [0.3, 0.4) is 0 Å². The van der Waals surface area contributed by atoms with Gasteiger partial charge in [0, 0.05) is 12.6 Å². The van der Waals surface area contributed by atoms with Gasteiger partial charge in [-0.3, -0.25) is 9.69 Å². The zero-order valence-corrected chi connectivity index (χ0v) is 12.5. The smallest absolute Gasteiger partial charge is 0.232 e. The van der Waals surface area contributed by atoms with Gasteiger partial charge in [0.2, 0.25) is 5.91 Å². The molecule has 3 N–H and O–H groups in total. The van der Waals surface area contributed by atoms with Gasteiger partial charge in [0.25, 0.3) is 0 Å². The number of likely N-dealkylation sites (tertiary alicyclic amines) is 1. The highest BCUT2D eigenvalue weighted by Gasteiger charge is 2.35. The molecule has 1 fully saturated rings. The van der Waals surface area contributed by atoms with Crippen molar-refractivity contribution in [1.82, 2.24) is 10.2 Å². The van der Waals surface area contributed by atoms with Crippen molar-refractivity contribution in [3.8, 4) is 0 Å². The number of hydrogen-bond acceptors (Lipinski definition) is 3. The highest BCUT2D eigenvalue weighted by molar-refractivity contribution is 7.80. The fourth-order valence-corrected chi connectivity index (χ4v) is 2.63. The lowest BCUT2D eigenvalue weighted by Crippen LogP contribution is -2.49. The van der Waals surface area contributed by atoms with Gasteiger partial charge >= 0.3 is 0 Å². The summed E-state index contributed by atoms with van der Waals surface area (Å²) in [4.78, 5) is 14.9. The molecular weight excluding hydrogens is 246 g/mol. The van der Waals surface area contributed by atoms with Crippen molar-refractivity contribution in [3.05, 3.63) is 0 Å². The Labute approximate surface area is 115 Å². The van der Waals surface area contributed by atoms with Crippen molar-refractivity contribution in [3.63, 3.8) is 0 Å². The SMILES string of the molecule is CCN1CCCC1CNC(=O)C(C)(CC)C(N)=S. The standard InChI is InChI=1S/C13H25N3OS/c1-4-13(3,11(14)18)12(17)15-9-10-7-6-8-16(10)5-2/h10H,4-9H2,1-3H3,(H2,14,18)(H,15,17). The molecule has 1 heterocycles. The van der Waals surface area contributed by atoms with E-state index in [-0.39, 0.29) is 10.9 Å². The molecule has 2 unspecified atom stereocenters. The molecule has 5 heteroatoms. The van der Waals surface area contributed by atoms with Crippen molar-refractivity contribution in [2.75, 3.05) is 19.6 Å². The van der Waals surface area contributed by atoms with Crippen molar-refractivity contribution in [1.29, 1.82) is 0 Å². The van der Waals surface area contributed by atoms with Crippen molar-refractivity contribution >= 4 is 23.1 Å². The molecule has 4 nitrogen and oxygen atoms in total. The zero-order valence-electron chi connectivity index (χ0n) is 11.7. The number of hydrogen-bond donors (Lipinski definition) is 2. The minimum absolute atomic E-state index is 0.0412. The Morgan fingerprint density at radius 3 is 2.72 bits per heavy atom. The predicted octanol–water partition coefficient (Wildman–Crippen LogP) is 1.29. The minimum atomic E-state index is -0.717. The topological polar surface area (TPSA) is 58.4 Å². The number of carbonyl (C=O) groups excluding carboxylic acids is 1. The van der Waals surface area contributed by atoms with E-state index in [0.29, 0.717) is 19.0 Å². The number of likely N-dealkylation sites (N-methyl/N-ethyl adjacent to an activating group) is 1. The monoisotopic (exact) mass is 271 g/mol. The molecule has 1 rings (SSSR count). The number of nitrogens with zero attached hydrogens (tertiary/aromatic N) is 1. The minimum Gasteiger partial charge on any atom is -0.392 e. The van der Waals surface area contributed by atoms with Crippen LogP contribution >= 0.6 is 12.2 Å². The second kappa shape index (κ2) is 6.48. The predicted molar refractivity (Wildman–Crippen MR) is 78.5 cm³/mol. The summed E-state index contributed by atoms with van der Waals surface area (Å²) in [5, 5.41) is 3.01. The molecule has 0 aromatic heterocycles. The maximum absolute atomic E-state index is 12.2. The normalized spacial score (nSPS) is 23.6. The van der Waals surface area contributed by atoms with E-state index in [1.54, 1.807) is 0 Å². The maximum atomic E-state index is 12.2. The van der Waals surface area contributed by atoms with Gasteiger partial charge in [-0.25, -0.2) is 0 Å². The lowest BCUT2D eigenvalue weighted by molar-refractivity contribution is -0.127. The van der Waals surface area contributed by atoms with Gasteiger partial charge in [-0.1, -0.05) is 26.1 Å². The number of carbonyl (C=O) groups is 1. The molecule has 2 atom stereocenters. The molecule has 104 valence electrons. The fourth-order valence-electron chi connectivity index (χ4n) is 2.39. The van der Waals surface area contributed by atoms with E-state index in [1.807, 2.05) is 13.8 Å². The third-order valence-corrected chi connectivity index (χ3v) is 4.61. The van der Waals surface area contributed by atoms with Gasteiger partial charge in [0.05, 0.1) is 10.4 Å². The van der Waals surface area contributed by atoms with Crippen molar-refractivity contribution < 1.29 is 4.79 Å². The van der Waals surface area contributed by atoms with E-state index >= 15 is 0 Å². The molecule has 0 saturated carbocycles. The Hall–Kier alpha value is -0.680. The van der Waals surface area contributed by atoms with E-state index in [4.69, 9.17) is 18.0 Å². The van der Waals surface area contributed by atoms with Gasteiger partial charge < -0.3 is 11.1 Å². The number of nitrogens with one attached hydrogen (secondary N) is 1. The summed E-state index contributed by atoms with van der Waals surface area (Å²) in [6.07, 6.45) is 3.01. The first kappa shape index (κ1) is 15.4. The highest BCUT2D eigenvalue weighted by Crippen LogP contribution is 2.22. The maximum Gasteiger partial charge on any atom is 0.232 e. The van der Waals surface area contributed by atoms with Gasteiger partial charge in [-0.15, -0.1) is 0 Å². The molecule has 0 aromatic rings. The Morgan fingerprint density at radius 2 is 2.22 bits per heavy atom. The van der Waals surface area contributed by atoms with Crippen LogP contribution in [0.1, 0.15) is 40.0 Å². The first-order valence-electron chi connectivity index (χ1n) is 6.78. The van der Waals surface area contributed by atoms with Crippen LogP contribution in [0.2, 0.25) is 0 Å². The van der Waals surface area contributed by atoms with E-state index < -0.39 is 5.41 Å². The molecule has 1 saturated heterocycles. The molecule has 1 amide bonds. The molecule has 0 bridgehead atoms. The molecule has 18 heavy (non-hydrogen) atoms. The Balaban J connectivity index is 2.52. The van der Waals surface area contributed by atoms with Crippen LogP contribution in [0, 0.1) is 5.41 Å².